The summed E-state index contributed by atoms with van der Waals surface area (Å²) in [5.41, 5.74) is 1.98. The molecular weight excluding hydrogens is 258 g/mol. The lowest BCUT2D eigenvalue weighted by Crippen LogP contribution is -1.97. The second-order valence-corrected chi connectivity index (χ2v) is 5.14. The highest BCUT2D eigenvalue weighted by molar-refractivity contribution is 6.20. The number of fused-ring (bicyclic) bond motifs is 1. The Bertz CT molecular complexity index is 705. The largest absolute Gasteiger partial charge is 0.465 e. The summed E-state index contributed by atoms with van der Waals surface area (Å²) in [5, 5.41) is 0.966. The Morgan fingerprint density at radius 2 is 1.95 bits per heavy atom. The first-order valence-electron chi connectivity index (χ1n) is 6.27. The molecule has 1 aromatic carbocycles. The van der Waals surface area contributed by atoms with Gasteiger partial charge < -0.3 is 4.42 Å². The van der Waals surface area contributed by atoms with E-state index in [0.717, 1.165) is 28.1 Å². The molecule has 0 radical (unpaired) electrons. The Morgan fingerprint density at radius 3 is 2.74 bits per heavy atom. The van der Waals surface area contributed by atoms with E-state index in [0.29, 0.717) is 6.42 Å². The van der Waals surface area contributed by atoms with E-state index in [1.54, 1.807) is 0 Å². The molecule has 0 aliphatic carbocycles. The molecule has 2 aromatic heterocycles. The summed E-state index contributed by atoms with van der Waals surface area (Å²) in [5.74, 6) is 1.68. The van der Waals surface area contributed by atoms with Crippen molar-refractivity contribution in [1.29, 1.82) is 0 Å². The maximum atomic E-state index is 6.37. The molecule has 0 aliphatic rings. The van der Waals surface area contributed by atoms with Crippen molar-refractivity contribution >= 4 is 22.5 Å². The highest BCUT2D eigenvalue weighted by atomic mass is 35.5. The molecule has 96 valence electrons. The number of rotatable bonds is 3. The standard InChI is InChI=1S/C16H14ClNO/c1-11-6-9-16(19-11)14(17)10-13-8-7-12-4-2-3-5-15(12)18-13/h2-9,14H,10H2,1H3. The first-order chi connectivity index (χ1) is 9.22. The third kappa shape index (κ3) is 2.64. The maximum absolute atomic E-state index is 6.37. The van der Waals surface area contributed by atoms with E-state index in [4.69, 9.17) is 16.0 Å². The Kier molecular flexibility index (Phi) is 3.26. The van der Waals surface area contributed by atoms with Crippen LogP contribution >= 0.6 is 11.6 Å². The normalized spacial score (nSPS) is 12.7. The van der Waals surface area contributed by atoms with Crippen LogP contribution in [0.25, 0.3) is 10.9 Å². The van der Waals surface area contributed by atoms with Gasteiger partial charge in [0.2, 0.25) is 0 Å². The maximum Gasteiger partial charge on any atom is 0.122 e. The van der Waals surface area contributed by atoms with Crippen LogP contribution < -0.4 is 0 Å². The molecule has 0 fully saturated rings. The van der Waals surface area contributed by atoms with Gasteiger partial charge in [-0.25, -0.2) is 0 Å². The molecule has 1 atom stereocenters. The summed E-state index contributed by atoms with van der Waals surface area (Å²) >= 11 is 6.37. The lowest BCUT2D eigenvalue weighted by Gasteiger charge is -2.07. The molecule has 0 aliphatic heterocycles. The van der Waals surface area contributed by atoms with Gasteiger partial charge in [-0.05, 0) is 31.2 Å². The molecule has 0 saturated heterocycles. The van der Waals surface area contributed by atoms with Crippen LogP contribution in [-0.4, -0.2) is 4.98 Å². The SMILES string of the molecule is Cc1ccc(C(Cl)Cc2ccc3ccccc3n2)o1. The van der Waals surface area contributed by atoms with Gasteiger partial charge in [0.05, 0.1) is 10.9 Å². The predicted molar refractivity (Wildman–Crippen MR) is 77.5 cm³/mol. The van der Waals surface area contributed by atoms with E-state index >= 15 is 0 Å². The van der Waals surface area contributed by atoms with Crippen molar-refractivity contribution in [3.63, 3.8) is 0 Å². The molecule has 2 heterocycles. The fraction of sp³-hybridized carbons (Fsp3) is 0.188. The second-order valence-electron chi connectivity index (χ2n) is 4.62. The zero-order chi connectivity index (χ0) is 13.2. The number of benzene rings is 1. The Morgan fingerprint density at radius 1 is 1.11 bits per heavy atom. The molecule has 2 nitrogen and oxygen atoms in total. The van der Waals surface area contributed by atoms with E-state index in [9.17, 15) is 0 Å². The van der Waals surface area contributed by atoms with Crippen LogP contribution in [0.5, 0.6) is 0 Å². The van der Waals surface area contributed by atoms with E-state index < -0.39 is 0 Å². The molecule has 3 heteroatoms. The van der Waals surface area contributed by atoms with Gasteiger partial charge in [0.1, 0.15) is 11.5 Å². The molecule has 19 heavy (non-hydrogen) atoms. The van der Waals surface area contributed by atoms with E-state index in [-0.39, 0.29) is 5.38 Å². The average molecular weight is 272 g/mol. The number of hydrogen-bond donors (Lipinski definition) is 0. The third-order valence-electron chi connectivity index (χ3n) is 3.11. The van der Waals surface area contributed by atoms with Crippen LogP contribution in [0.15, 0.2) is 52.9 Å². The Hall–Kier alpha value is -1.80. The van der Waals surface area contributed by atoms with Crippen LogP contribution in [0.1, 0.15) is 22.6 Å². The van der Waals surface area contributed by atoms with Gasteiger partial charge in [0, 0.05) is 17.5 Å². The topological polar surface area (TPSA) is 26.0 Å². The molecule has 0 saturated carbocycles. The minimum Gasteiger partial charge on any atom is -0.465 e. The number of halogens is 1. The predicted octanol–water partition coefficient (Wildman–Crippen LogP) is 4.66. The van der Waals surface area contributed by atoms with Crippen molar-refractivity contribution in [2.75, 3.05) is 0 Å². The summed E-state index contributed by atoms with van der Waals surface area (Å²) in [7, 11) is 0. The number of hydrogen-bond acceptors (Lipinski definition) is 2. The number of para-hydroxylation sites is 1. The van der Waals surface area contributed by atoms with Crippen LogP contribution in [0, 0.1) is 6.92 Å². The molecule has 0 amide bonds. The third-order valence-corrected chi connectivity index (χ3v) is 3.48. The first-order valence-corrected chi connectivity index (χ1v) is 6.71. The molecular formula is C16H14ClNO. The molecule has 1 unspecified atom stereocenters. The van der Waals surface area contributed by atoms with Crippen molar-refractivity contribution in [1.82, 2.24) is 4.98 Å². The monoisotopic (exact) mass is 271 g/mol. The van der Waals surface area contributed by atoms with Crippen molar-refractivity contribution < 1.29 is 4.42 Å². The van der Waals surface area contributed by atoms with Crippen molar-refractivity contribution in [3.8, 4) is 0 Å². The van der Waals surface area contributed by atoms with Crippen LogP contribution in [-0.2, 0) is 6.42 Å². The lowest BCUT2D eigenvalue weighted by atomic mass is 10.1. The zero-order valence-corrected chi connectivity index (χ0v) is 11.4. The van der Waals surface area contributed by atoms with Gasteiger partial charge in [0.15, 0.2) is 0 Å². The van der Waals surface area contributed by atoms with Gasteiger partial charge in [-0.15, -0.1) is 11.6 Å². The smallest absolute Gasteiger partial charge is 0.122 e. The second kappa shape index (κ2) is 5.06. The minimum atomic E-state index is -0.178. The minimum absolute atomic E-state index is 0.178. The highest BCUT2D eigenvalue weighted by Crippen LogP contribution is 2.26. The Balaban J connectivity index is 1.84. The van der Waals surface area contributed by atoms with Crippen LogP contribution in [0.3, 0.4) is 0 Å². The number of furan rings is 1. The first kappa shape index (κ1) is 12.2. The molecule has 0 N–H and O–H groups in total. The fourth-order valence-electron chi connectivity index (χ4n) is 2.13. The van der Waals surface area contributed by atoms with Gasteiger partial charge >= 0.3 is 0 Å². The highest BCUT2D eigenvalue weighted by Gasteiger charge is 2.13. The summed E-state index contributed by atoms with van der Waals surface area (Å²) in [6.45, 7) is 1.92. The lowest BCUT2D eigenvalue weighted by molar-refractivity contribution is 0.476. The van der Waals surface area contributed by atoms with Gasteiger partial charge in [-0.1, -0.05) is 24.3 Å². The van der Waals surface area contributed by atoms with E-state index in [2.05, 4.69) is 17.1 Å². The zero-order valence-electron chi connectivity index (χ0n) is 10.6. The van der Waals surface area contributed by atoms with Gasteiger partial charge in [-0.2, -0.15) is 0 Å². The van der Waals surface area contributed by atoms with Crippen molar-refractivity contribution in [2.24, 2.45) is 0 Å². The summed E-state index contributed by atoms with van der Waals surface area (Å²) in [6.07, 6.45) is 0.666. The summed E-state index contributed by atoms with van der Waals surface area (Å²) in [4.78, 5) is 4.62. The average Bonchev–Trinajstić information content (AvgIpc) is 2.85. The van der Waals surface area contributed by atoms with E-state index in [1.807, 2.05) is 43.3 Å². The number of aromatic nitrogens is 1. The molecule has 3 rings (SSSR count). The number of alkyl halides is 1. The van der Waals surface area contributed by atoms with Crippen molar-refractivity contribution in [2.45, 2.75) is 18.7 Å². The number of nitrogens with zero attached hydrogens (tertiary/aromatic N) is 1. The number of aryl methyl sites for hydroxylation is 1. The summed E-state index contributed by atoms with van der Waals surface area (Å²) in [6, 6.07) is 16.0. The quantitative estimate of drug-likeness (QED) is 0.648. The van der Waals surface area contributed by atoms with Gasteiger partial charge in [0.25, 0.3) is 0 Å². The molecule has 0 bridgehead atoms. The molecule has 0 spiro atoms. The van der Waals surface area contributed by atoms with E-state index in [1.165, 1.54) is 0 Å². The molecule has 3 aromatic rings. The van der Waals surface area contributed by atoms with Gasteiger partial charge in [-0.3, -0.25) is 4.98 Å². The Labute approximate surface area is 117 Å². The number of pyridine rings is 1. The van der Waals surface area contributed by atoms with Crippen molar-refractivity contribution in [3.05, 3.63) is 65.7 Å². The van der Waals surface area contributed by atoms with Crippen LogP contribution in [0.2, 0.25) is 0 Å². The fourth-order valence-corrected chi connectivity index (χ4v) is 2.40. The summed E-state index contributed by atoms with van der Waals surface area (Å²) < 4.78 is 5.55. The van der Waals surface area contributed by atoms with Crippen LogP contribution in [0.4, 0.5) is 0 Å².